The Labute approximate surface area is 183 Å². The van der Waals surface area contributed by atoms with Gasteiger partial charge in [-0.05, 0) is 68.8 Å². The molecule has 0 aliphatic rings. The molecule has 1 aromatic heterocycles. The molecule has 4 rings (SSSR count). The first-order valence-electron chi connectivity index (χ1n) is 9.49. The van der Waals surface area contributed by atoms with Crippen LogP contribution in [0.25, 0.3) is 22.6 Å². The molecule has 0 radical (unpaired) electrons. The summed E-state index contributed by atoms with van der Waals surface area (Å²) in [5.41, 5.74) is 6.55. The van der Waals surface area contributed by atoms with E-state index in [9.17, 15) is 4.79 Å². The zero-order chi connectivity index (χ0) is 21.4. The van der Waals surface area contributed by atoms with Crippen LogP contribution in [0.1, 0.15) is 27.0 Å². The van der Waals surface area contributed by atoms with E-state index in [-0.39, 0.29) is 5.91 Å². The Morgan fingerprint density at radius 3 is 2.47 bits per heavy atom. The second-order valence-electron chi connectivity index (χ2n) is 7.34. The summed E-state index contributed by atoms with van der Waals surface area (Å²) >= 11 is 3.44. The summed E-state index contributed by atoms with van der Waals surface area (Å²) in [6.45, 7) is 5.99. The van der Waals surface area contributed by atoms with Gasteiger partial charge in [-0.15, -0.1) is 0 Å². The topological polar surface area (TPSA) is 64.4 Å². The lowest BCUT2D eigenvalue weighted by atomic mass is 10.1. The molecular formula is C24H21BrN2O3. The minimum absolute atomic E-state index is 0.256. The van der Waals surface area contributed by atoms with E-state index < -0.39 is 0 Å². The van der Waals surface area contributed by atoms with Crippen LogP contribution in [-0.4, -0.2) is 18.0 Å². The van der Waals surface area contributed by atoms with Crippen molar-refractivity contribution in [2.24, 2.45) is 0 Å². The second-order valence-corrected chi connectivity index (χ2v) is 8.25. The number of carbonyl (C=O) groups is 1. The smallest absolute Gasteiger partial charge is 0.259 e. The number of amides is 1. The molecule has 1 heterocycles. The summed E-state index contributed by atoms with van der Waals surface area (Å²) in [6.07, 6.45) is 0. The molecular weight excluding hydrogens is 444 g/mol. The third-order valence-electron chi connectivity index (χ3n) is 4.80. The van der Waals surface area contributed by atoms with Gasteiger partial charge in [0.1, 0.15) is 11.3 Å². The van der Waals surface area contributed by atoms with Crippen LogP contribution < -0.4 is 10.1 Å². The van der Waals surface area contributed by atoms with Gasteiger partial charge in [0.15, 0.2) is 5.58 Å². The molecule has 3 aromatic carbocycles. The van der Waals surface area contributed by atoms with Gasteiger partial charge in [0, 0.05) is 15.7 Å². The van der Waals surface area contributed by atoms with E-state index in [4.69, 9.17) is 9.15 Å². The van der Waals surface area contributed by atoms with Crippen LogP contribution in [0.15, 0.2) is 57.4 Å². The molecule has 0 atom stereocenters. The number of oxazole rings is 1. The summed E-state index contributed by atoms with van der Waals surface area (Å²) in [4.78, 5) is 17.5. The highest BCUT2D eigenvalue weighted by Gasteiger charge is 2.17. The van der Waals surface area contributed by atoms with E-state index in [0.717, 1.165) is 26.7 Å². The average Bonchev–Trinajstić information content (AvgIpc) is 3.10. The minimum Gasteiger partial charge on any atom is -0.496 e. The van der Waals surface area contributed by atoms with Gasteiger partial charge in [-0.3, -0.25) is 4.79 Å². The van der Waals surface area contributed by atoms with Crippen molar-refractivity contribution in [1.82, 2.24) is 4.98 Å². The fraction of sp³-hybridized carbons (Fsp3) is 0.167. The molecule has 0 bridgehead atoms. The Morgan fingerprint density at radius 1 is 1.03 bits per heavy atom. The summed E-state index contributed by atoms with van der Waals surface area (Å²) in [5.74, 6) is 0.855. The zero-order valence-electron chi connectivity index (χ0n) is 17.2. The highest BCUT2D eigenvalue weighted by Crippen LogP contribution is 2.30. The average molecular weight is 465 g/mol. The first kappa shape index (κ1) is 20.2. The van der Waals surface area contributed by atoms with Crippen molar-refractivity contribution in [2.45, 2.75) is 20.8 Å². The number of methoxy groups -OCH3 is 1. The highest BCUT2D eigenvalue weighted by molar-refractivity contribution is 9.10. The summed E-state index contributed by atoms with van der Waals surface area (Å²) in [6, 6.07) is 15.3. The van der Waals surface area contributed by atoms with Gasteiger partial charge in [-0.2, -0.15) is 0 Å². The van der Waals surface area contributed by atoms with Crippen molar-refractivity contribution < 1.29 is 13.9 Å². The van der Waals surface area contributed by atoms with Gasteiger partial charge < -0.3 is 14.5 Å². The Hall–Kier alpha value is -3.12. The predicted molar refractivity (Wildman–Crippen MR) is 122 cm³/mol. The van der Waals surface area contributed by atoms with E-state index in [2.05, 4.69) is 32.3 Å². The number of hydrogen-bond donors (Lipinski definition) is 1. The number of aryl methyl sites for hydroxylation is 3. The van der Waals surface area contributed by atoms with E-state index >= 15 is 0 Å². The monoisotopic (exact) mass is 464 g/mol. The van der Waals surface area contributed by atoms with E-state index in [1.807, 2.05) is 45.0 Å². The second kappa shape index (κ2) is 7.95. The maximum absolute atomic E-state index is 12.9. The van der Waals surface area contributed by atoms with Crippen molar-refractivity contribution in [2.75, 3.05) is 12.4 Å². The molecule has 30 heavy (non-hydrogen) atoms. The van der Waals surface area contributed by atoms with Crippen LogP contribution in [0.4, 0.5) is 5.69 Å². The molecule has 4 aromatic rings. The number of nitrogens with zero attached hydrogens (tertiary/aromatic N) is 1. The normalized spacial score (nSPS) is 11.0. The number of anilines is 1. The number of rotatable bonds is 4. The lowest BCUT2D eigenvalue weighted by molar-refractivity contribution is 0.102. The number of carbonyl (C=O) groups excluding carboxylic acids is 1. The van der Waals surface area contributed by atoms with Gasteiger partial charge in [0.05, 0.1) is 12.7 Å². The van der Waals surface area contributed by atoms with Crippen LogP contribution >= 0.6 is 15.9 Å². The molecule has 0 saturated carbocycles. The third kappa shape index (κ3) is 3.96. The summed E-state index contributed by atoms with van der Waals surface area (Å²) in [5, 5.41) is 2.93. The van der Waals surface area contributed by atoms with Gasteiger partial charge in [0.25, 0.3) is 5.91 Å². The van der Waals surface area contributed by atoms with Crippen LogP contribution in [0.2, 0.25) is 0 Å². The molecule has 152 valence electrons. The van der Waals surface area contributed by atoms with Crippen molar-refractivity contribution in [1.29, 1.82) is 0 Å². The first-order chi connectivity index (χ1) is 14.3. The maximum atomic E-state index is 12.9. The van der Waals surface area contributed by atoms with Crippen LogP contribution in [0.3, 0.4) is 0 Å². The van der Waals surface area contributed by atoms with E-state index in [0.29, 0.717) is 34.0 Å². The molecule has 5 nitrogen and oxygen atoms in total. The molecule has 0 aliphatic carbocycles. The quantitative estimate of drug-likeness (QED) is 0.377. The zero-order valence-corrected chi connectivity index (χ0v) is 18.8. The number of ether oxygens (including phenoxy) is 1. The SMILES string of the molecule is COc1c(C)cc(Br)cc1C(=O)Nc1ccc2oc(-c3cc(C)cc(C)c3)nc2c1. The van der Waals surface area contributed by atoms with E-state index in [1.54, 1.807) is 25.3 Å². The third-order valence-corrected chi connectivity index (χ3v) is 5.26. The Kier molecular flexibility index (Phi) is 5.35. The molecule has 0 spiro atoms. The number of aromatic nitrogens is 1. The summed E-state index contributed by atoms with van der Waals surface area (Å²) < 4.78 is 12.2. The fourth-order valence-electron chi connectivity index (χ4n) is 3.59. The molecule has 0 saturated heterocycles. The fourth-order valence-corrected chi connectivity index (χ4v) is 4.17. The van der Waals surface area contributed by atoms with Crippen LogP contribution in [0, 0.1) is 20.8 Å². The van der Waals surface area contributed by atoms with Gasteiger partial charge >= 0.3 is 0 Å². The standard InChI is InChI=1S/C24H21BrN2O3/c1-13-7-14(2)9-16(8-13)24-27-20-12-18(5-6-21(20)30-24)26-23(28)19-11-17(25)10-15(3)22(19)29-4/h5-12H,1-4H3,(H,26,28). The Bertz CT molecular complexity index is 1260. The van der Waals surface area contributed by atoms with Gasteiger partial charge in [-0.25, -0.2) is 4.98 Å². The Morgan fingerprint density at radius 2 is 1.77 bits per heavy atom. The van der Waals surface area contributed by atoms with Crippen LogP contribution in [-0.2, 0) is 0 Å². The molecule has 1 N–H and O–H groups in total. The minimum atomic E-state index is -0.256. The molecule has 6 heteroatoms. The number of nitrogens with one attached hydrogen (secondary N) is 1. The number of halogens is 1. The van der Waals surface area contributed by atoms with Gasteiger partial charge in [0.2, 0.25) is 5.89 Å². The predicted octanol–water partition coefficient (Wildman–Crippen LogP) is 6.44. The van der Waals surface area contributed by atoms with Crippen molar-refractivity contribution in [3.8, 4) is 17.2 Å². The number of fused-ring (bicyclic) bond motifs is 1. The van der Waals surface area contributed by atoms with Crippen LogP contribution in [0.5, 0.6) is 5.75 Å². The van der Waals surface area contributed by atoms with E-state index in [1.165, 1.54) is 0 Å². The lowest BCUT2D eigenvalue weighted by Crippen LogP contribution is -2.13. The molecule has 0 aliphatic heterocycles. The first-order valence-corrected chi connectivity index (χ1v) is 10.3. The maximum Gasteiger partial charge on any atom is 0.259 e. The largest absolute Gasteiger partial charge is 0.496 e. The summed E-state index contributed by atoms with van der Waals surface area (Å²) in [7, 11) is 1.56. The number of hydrogen-bond acceptors (Lipinski definition) is 4. The van der Waals surface area contributed by atoms with Gasteiger partial charge in [-0.1, -0.05) is 33.1 Å². The number of benzene rings is 3. The van der Waals surface area contributed by atoms with Crippen molar-refractivity contribution in [3.05, 3.63) is 75.3 Å². The van der Waals surface area contributed by atoms with Crippen molar-refractivity contribution in [3.63, 3.8) is 0 Å². The van der Waals surface area contributed by atoms with Crippen molar-refractivity contribution >= 4 is 38.6 Å². The molecule has 0 unspecified atom stereocenters. The lowest BCUT2D eigenvalue weighted by Gasteiger charge is -2.12. The molecule has 1 amide bonds. The Balaban J connectivity index is 1.65. The molecule has 0 fully saturated rings. The highest BCUT2D eigenvalue weighted by atomic mass is 79.9.